The van der Waals surface area contributed by atoms with Crippen LogP contribution in [0.5, 0.6) is 0 Å². The minimum absolute atomic E-state index is 0.834. The molecule has 0 radical (unpaired) electrons. The van der Waals surface area contributed by atoms with Crippen molar-refractivity contribution in [3.63, 3.8) is 0 Å². The number of aromatic nitrogens is 3. The largest absolute Gasteiger partial charge is 0.405 e. The number of aryl methyl sites for hydroxylation is 1. The lowest BCUT2D eigenvalue weighted by Gasteiger charge is -2.14. The maximum Gasteiger partial charge on any atom is 0.0899 e. The molecule has 0 saturated carbocycles. The van der Waals surface area contributed by atoms with E-state index in [-0.39, 0.29) is 0 Å². The zero-order chi connectivity index (χ0) is 30.3. The molecule has 0 amide bonds. The maximum atomic E-state index is 5.92. The fraction of sp³-hybridized carbons (Fsp3) is 0.0244. The van der Waals surface area contributed by atoms with Crippen molar-refractivity contribution >= 4 is 38.5 Å². The summed E-state index contributed by atoms with van der Waals surface area (Å²) in [6.07, 6.45) is 5.41. The molecule has 2 N–H and O–H groups in total. The van der Waals surface area contributed by atoms with E-state index in [4.69, 9.17) is 10.7 Å². The summed E-state index contributed by atoms with van der Waals surface area (Å²) in [6, 6.07) is 47.0. The van der Waals surface area contributed by atoms with Gasteiger partial charge in [0.2, 0.25) is 0 Å². The van der Waals surface area contributed by atoms with Gasteiger partial charge in [0.1, 0.15) is 0 Å². The standard InChI is InChI=1S/C41H30N4/c1-27-34-12-4-5-15-41(34)45(40(27)20-21-42)33-11-8-10-29(24-33)32-25-38(44-39(26-32)37-14-6-7-22-43-37)31-18-19-36-30(23-31)17-16-28-9-2-3-13-35(28)36/h2-26H,42H2,1H3/b21-20-. The highest BCUT2D eigenvalue weighted by Gasteiger charge is 2.15. The second-order valence-electron chi connectivity index (χ2n) is 11.3. The lowest BCUT2D eigenvalue weighted by molar-refractivity contribution is 1.10. The minimum Gasteiger partial charge on any atom is -0.405 e. The number of para-hydroxylation sites is 1. The van der Waals surface area contributed by atoms with E-state index in [0.29, 0.717) is 0 Å². The fourth-order valence-corrected chi connectivity index (χ4v) is 6.48. The van der Waals surface area contributed by atoms with E-state index in [1.165, 1.54) is 32.5 Å². The van der Waals surface area contributed by atoms with Gasteiger partial charge >= 0.3 is 0 Å². The van der Waals surface area contributed by atoms with Crippen molar-refractivity contribution in [2.45, 2.75) is 6.92 Å². The molecule has 8 aromatic rings. The van der Waals surface area contributed by atoms with Crippen LogP contribution >= 0.6 is 0 Å². The van der Waals surface area contributed by atoms with Crippen LogP contribution in [0, 0.1) is 6.92 Å². The van der Waals surface area contributed by atoms with Crippen LogP contribution in [0.3, 0.4) is 0 Å². The van der Waals surface area contributed by atoms with E-state index in [1.54, 1.807) is 6.20 Å². The number of nitrogens with zero attached hydrogens (tertiary/aromatic N) is 3. The first-order valence-electron chi connectivity index (χ1n) is 15.1. The monoisotopic (exact) mass is 578 g/mol. The zero-order valence-corrected chi connectivity index (χ0v) is 24.9. The molecule has 4 heteroatoms. The fourth-order valence-electron chi connectivity index (χ4n) is 6.48. The Morgan fingerprint density at radius 2 is 1.36 bits per heavy atom. The average molecular weight is 579 g/mol. The predicted molar refractivity (Wildman–Crippen MR) is 188 cm³/mol. The Morgan fingerprint density at radius 1 is 0.578 bits per heavy atom. The van der Waals surface area contributed by atoms with Gasteiger partial charge < -0.3 is 10.3 Å². The van der Waals surface area contributed by atoms with Crippen molar-refractivity contribution in [2.24, 2.45) is 5.73 Å². The summed E-state index contributed by atoms with van der Waals surface area (Å²) in [4.78, 5) is 9.79. The normalized spacial score (nSPS) is 11.7. The van der Waals surface area contributed by atoms with Crippen LogP contribution in [0.4, 0.5) is 0 Å². The van der Waals surface area contributed by atoms with Gasteiger partial charge in [-0.05, 0) is 106 Å². The number of pyridine rings is 2. The molecular formula is C41H30N4. The molecule has 4 nitrogen and oxygen atoms in total. The molecule has 0 unspecified atom stereocenters. The van der Waals surface area contributed by atoms with Crippen LogP contribution in [-0.4, -0.2) is 14.5 Å². The van der Waals surface area contributed by atoms with Crippen LogP contribution in [-0.2, 0) is 0 Å². The molecule has 0 bridgehead atoms. The van der Waals surface area contributed by atoms with Gasteiger partial charge in [0.25, 0.3) is 0 Å². The number of rotatable bonds is 5. The Bertz CT molecular complexity index is 2400. The van der Waals surface area contributed by atoms with Crippen LogP contribution in [0.25, 0.3) is 78.0 Å². The predicted octanol–water partition coefficient (Wildman–Crippen LogP) is 9.97. The molecule has 0 aliphatic rings. The first kappa shape index (κ1) is 26.6. The Morgan fingerprint density at radius 3 is 2.22 bits per heavy atom. The zero-order valence-electron chi connectivity index (χ0n) is 24.9. The topological polar surface area (TPSA) is 56.7 Å². The molecule has 0 aliphatic heterocycles. The van der Waals surface area contributed by atoms with Crippen LogP contribution in [0.2, 0.25) is 0 Å². The summed E-state index contributed by atoms with van der Waals surface area (Å²) in [5.41, 5.74) is 16.2. The third-order valence-corrected chi connectivity index (χ3v) is 8.66. The summed E-state index contributed by atoms with van der Waals surface area (Å²) in [5, 5.41) is 6.14. The minimum atomic E-state index is 0.834. The van der Waals surface area contributed by atoms with Crippen molar-refractivity contribution in [3.05, 3.63) is 157 Å². The average Bonchev–Trinajstić information content (AvgIpc) is 3.39. The van der Waals surface area contributed by atoms with Crippen LogP contribution in [0.1, 0.15) is 11.3 Å². The molecule has 3 aromatic heterocycles. The summed E-state index contributed by atoms with van der Waals surface area (Å²) in [5.74, 6) is 0. The molecule has 3 heterocycles. The third kappa shape index (κ3) is 4.64. The molecule has 0 saturated heterocycles. The van der Waals surface area contributed by atoms with Gasteiger partial charge in [0.15, 0.2) is 0 Å². The summed E-state index contributed by atoms with van der Waals surface area (Å²) >= 11 is 0. The molecule has 8 rings (SSSR count). The van der Waals surface area contributed by atoms with Gasteiger partial charge in [0.05, 0.1) is 28.3 Å². The molecule has 0 spiro atoms. The molecule has 214 valence electrons. The van der Waals surface area contributed by atoms with Gasteiger partial charge in [-0.25, -0.2) is 4.98 Å². The first-order valence-corrected chi connectivity index (χ1v) is 15.1. The highest BCUT2D eigenvalue weighted by molar-refractivity contribution is 6.08. The quantitative estimate of drug-likeness (QED) is 0.207. The molecule has 0 fully saturated rings. The van der Waals surface area contributed by atoms with Crippen molar-refractivity contribution in [1.29, 1.82) is 0 Å². The number of benzene rings is 5. The van der Waals surface area contributed by atoms with Crippen LogP contribution < -0.4 is 5.73 Å². The second kappa shape index (κ2) is 10.9. The highest BCUT2D eigenvalue weighted by atomic mass is 15.0. The van der Waals surface area contributed by atoms with Gasteiger partial charge in [-0.3, -0.25) is 4.98 Å². The molecule has 0 aliphatic carbocycles. The highest BCUT2D eigenvalue weighted by Crippen LogP contribution is 2.35. The van der Waals surface area contributed by atoms with Crippen molar-refractivity contribution in [2.75, 3.05) is 0 Å². The van der Waals surface area contributed by atoms with E-state index in [0.717, 1.165) is 50.7 Å². The third-order valence-electron chi connectivity index (χ3n) is 8.66. The maximum absolute atomic E-state index is 5.92. The van der Waals surface area contributed by atoms with Gasteiger partial charge in [-0.1, -0.05) is 84.9 Å². The Kier molecular flexibility index (Phi) is 6.46. The van der Waals surface area contributed by atoms with Crippen molar-refractivity contribution in [1.82, 2.24) is 14.5 Å². The second-order valence-corrected chi connectivity index (χ2v) is 11.3. The summed E-state index contributed by atoms with van der Waals surface area (Å²) < 4.78 is 2.28. The number of hydrogen-bond acceptors (Lipinski definition) is 3. The van der Waals surface area contributed by atoms with E-state index in [2.05, 4.69) is 132 Å². The van der Waals surface area contributed by atoms with Gasteiger partial charge in [0, 0.05) is 22.8 Å². The lowest BCUT2D eigenvalue weighted by atomic mass is 9.97. The smallest absolute Gasteiger partial charge is 0.0899 e. The van der Waals surface area contributed by atoms with E-state index in [9.17, 15) is 0 Å². The SMILES string of the molecule is Cc1c(/C=C\N)n(-c2cccc(-c3cc(-c4ccc5c(ccc6ccccc65)c4)nc(-c4ccccn4)c3)c2)c2ccccc12. The van der Waals surface area contributed by atoms with E-state index in [1.807, 2.05) is 30.5 Å². The molecule has 45 heavy (non-hydrogen) atoms. The Hall–Kier alpha value is -6.00. The van der Waals surface area contributed by atoms with Crippen LogP contribution in [0.15, 0.2) is 146 Å². The van der Waals surface area contributed by atoms with Gasteiger partial charge in [-0.2, -0.15) is 0 Å². The van der Waals surface area contributed by atoms with Crippen molar-refractivity contribution in [3.8, 4) is 39.5 Å². The van der Waals surface area contributed by atoms with Gasteiger partial charge in [-0.15, -0.1) is 0 Å². The molecule has 5 aromatic carbocycles. The number of nitrogens with two attached hydrogens (primary N) is 1. The van der Waals surface area contributed by atoms with Crippen molar-refractivity contribution < 1.29 is 0 Å². The number of fused-ring (bicyclic) bond motifs is 4. The Labute approximate surface area is 261 Å². The Balaban J connectivity index is 1.31. The molecule has 0 atom stereocenters. The van der Waals surface area contributed by atoms with E-state index >= 15 is 0 Å². The lowest BCUT2D eigenvalue weighted by Crippen LogP contribution is -1.98. The van der Waals surface area contributed by atoms with E-state index < -0.39 is 0 Å². The summed E-state index contributed by atoms with van der Waals surface area (Å²) in [7, 11) is 0. The number of hydrogen-bond donors (Lipinski definition) is 1. The summed E-state index contributed by atoms with van der Waals surface area (Å²) in [6.45, 7) is 2.15. The first-order chi connectivity index (χ1) is 22.2. The molecular weight excluding hydrogens is 548 g/mol.